The second-order valence-electron chi connectivity index (χ2n) is 18.1. The van der Waals surface area contributed by atoms with E-state index in [1.165, 1.54) is 33.5 Å². The number of benzene rings is 5. The monoisotopic (exact) mass is 1060 g/mol. The zero-order valence-corrected chi connectivity index (χ0v) is 41.7. The van der Waals surface area contributed by atoms with Crippen LogP contribution in [0.15, 0.2) is 149 Å². The molecule has 9 aromatic rings. The molecule has 5 aromatic carbocycles. The number of hydrogen-bond donors (Lipinski definition) is 0. The minimum absolute atomic E-state index is 0. The Balaban J connectivity index is 0.000000233. The summed E-state index contributed by atoms with van der Waals surface area (Å²) in [5.41, 5.74) is 15.5. The first-order chi connectivity index (χ1) is 29.4. The molecule has 0 aliphatic rings. The van der Waals surface area contributed by atoms with E-state index in [0.717, 1.165) is 62.2 Å². The second-order valence-corrected chi connectivity index (χ2v) is 28.7. The Kier molecular flexibility index (Phi) is 13.7. The summed E-state index contributed by atoms with van der Waals surface area (Å²) in [6, 6.07) is 45.5. The Morgan fingerprint density at radius 3 is 2.06 bits per heavy atom. The normalized spacial score (nSPS) is 11.7. The third kappa shape index (κ3) is 9.39. The Morgan fingerprint density at radius 1 is 0.710 bits per heavy atom. The van der Waals surface area contributed by atoms with Gasteiger partial charge in [0.2, 0.25) is 0 Å². The van der Waals surface area contributed by atoms with Gasteiger partial charge < -0.3 is 13.4 Å². The van der Waals surface area contributed by atoms with Crippen LogP contribution in [0.3, 0.4) is 0 Å². The molecular weight excluding hydrogens is 999 g/mol. The van der Waals surface area contributed by atoms with Crippen molar-refractivity contribution >= 4 is 39.7 Å². The molecular formula is C55H55GeIrN3O2-2. The fourth-order valence-electron chi connectivity index (χ4n) is 8.27. The Hall–Kier alpha value is -5.27. The van der Waals surface area contributed by atoms with Gasteiger partial charge in [-0.2, -0.15) is 0 Å². The summed E-state index contributed by atoms with van der Waals surface area (Å²) in [5, 5.41) is 0.971. The van der Waals surface area contributed by atoms with E-state index < -0.39 is 13.3 Å². The third-order valence-electron chi connectivity index (χ3n) is 11.3. The van der Waals surface area contributed by atoms with Gasteiger partial charge in [0.1, 0.15) is 0 Å². The van der Waals surface area contributed by atoms with Crippen LogP contribution in [-0.4, -0.2) is 27.8 Å². The number of para-hydroxylation sites is 2. The van der Waals surface area contributed by atoms with E-state index in [1.807, 2.05) is 42.5 Å². The molecule has 0 spiro atoms. The third-order valence-corrected chi connectivity index (χ3v) is 15.6. The Labute approximate surface area is 383 Å². The summed E-state index contributed by atoms with van der Waals surface area (Å²) < 4.78 is 15.2. The first-order valence-electron chi connectivity index (χ1n) is 21.5. The first-order valence-corrected chi connectivity index (χ1v) is 28.9. The van der Waals surface area contributed by atoms with E-state index in [-0.39, 0.29) is 31.9 Å². The molecule has 4 aromatic heterocycles. The molecule has 9 rings (SSSR count). The molecule has 1 radical (unpaired) electrons. The molecule has 5 nitrogen and oxygen atoms in total. The summed E-state index contributed by atoms with van der Waals surface area (Å²) in [7, 11) is 0. The standard InChI is InChI=1S/C37H31N2O2.C18H24GeN.Ir/c1-23(2)29-19-28(25-10-6-5-7-11-25)20-30(24(3)4)36(29)39-34-13-9-8-12-33(34)38-37(39)32-22-41-35-15-14-26(18-31(32)35)27-16-17-40-21-27;1-14(2)11-16-12-18(15-9-7-6-8-10-15)20-13-17(16)19(3,4)5;/h5-21,23-24H,1-4H3;6-9,12-14H,11H2,1-5H3;/q2*-1;. The summed E-state index contributed by atoms with van der Waals surface area (Å²) in [6.07, 6.45) is 9.96. The van der Waals surface area contributed by atoms with Crippen molar-refractivity contribution in [1.82, 2.24) is 14.5 Å². The SMILES string of the molecule is CC(C)Cc1cc(-c2[c-]cccc2)nc[c]1[Ge]([CH3])([CH3])[CH3].CC(C)c1cc(-c2ccccc2)cc(C(C)C)c1-n1c(-c2[c-]oc3ccc(-c4ccoc4)cc23)nc2ccccc21.[Ir]. The number of hydrogen-bond acceptors (Lipinski definition) is 4. The minimum Gasteiger partial charge on any atom is -0.557 e. The van der Waals surface area contributed by atoms with Gasteiger partial charge in [0.05, 0.1) is 29.4 Å². The molecule has 0 saturated heterocycles. The number of aromatic nitrogens is 3. The fraction of sp³-hybridized carbons (Fsp3) is 0.236. The zero-order valence-electron chi connectivity index (χ0n) is 37.2. The van der Waals surface area contributed by atoms with Gasteiger partial charge in [-0.3, -0.25) is 4.98 Å². The largest absolute Gasteiger partial charge is 0.557 e. The number of pyridine rings is 1. The molecule has 0 unspecified atom stereocenters. The number of imidazole rings is 1. The quantitative estimate of drug-likeness (QED) is 0.101. The van der Waals surface area contributed by atoms with E-state index in [9.17, 15) is 0 Å². The van der Waals surface area contributed by atoms with Crippen LogP contribution in [0, 0.1) is 18.2 Å². The van der Waals surface area contributed by atoms with Gasteiger partial charge in [0.15, 0.2) is 0 Å². The summed E-state index contributed by atoms with van der Waals surface area (Å²) >= 11 is -1.86. The minimum atomic E-state index is -1.86. The van der Waals surface area contributed by atoms with Crippen molar-refractivity contribution in [2.45, 2.75) is 77.1 Å². The molecule has 0 atom stereocenters. The number of fused-ring (bicyclic) bond motifs is 2. The van der Waals surface area contributed by atoms with Gasteiger partial charge in [-0.15, -0.1) is 0 Å². The van der Waals surface area contributed by atoms with Gasteiger partial charge in [0, 0.05) is 43.2 Å². The van der Waals surface area contributed by atoms with Crippen LogP contribution in [-0.2, 0) is 26.5 Å². The average molecular weight is 1050 g/mol. The van der Waals surface area contributed by atoms with Crippen molar-refractivity contribution in [2.24, 2.45) is 5.92 Å². The topological polar surface area (TPSA) is 57.0 Å². The second kappa shape index (κ2) is 19.0. The summed E-state index contributed by atoms with van der Waals surface area (Å²) in [4.78, 5) is 9.91. The van der Waals surface area contributed by atoms with Crippen LogP contribution in [0.4, 0.5) is 0 Å². The molecule has 0 fully saturated rings. The van der Waals surface area contributed by atoms with Gasteiger partial charge in [-0.1, -0.05) is 99.3 Å². The van der Waals surface area contributed by atoms with Crippen molar-refractivity contribution in [3.05, 3.63) is 169 Å². The smallest absolute Gasteiger partial charge is 0.0980 e. The van der Waals surface area contributed by atoms with Gasteiger partial charge >= 0.3 is 126 Å². The Bertz CT molecular complexity index is 2870. The summed E-state index contributed by atoms with van der Waals surface area (Å²) in [5.74, 6) is 9.40. The van der Waals surface area contributed by atoms with E-state index in [4.69, 9.17) is 18.8 Å². The van der Waals surface area contributed by atoms with E-state index >= 15 is 0 Å². The maximum Gasteiger partial charge on any atom is 0.0980 e. The molecule has 62 heavy (non-hydrogen) atoms. The molecule has 4 heterocycles. The molecule has 0 aliphatic carbocycles. The van der Waals surface area contributed by atoms with Crippen molar-refractivity contribution in [1.29, 1.82) is 0 Å². The fourth-order valence-corrected chi connectivity index (χ4v) is 11.6. The molecule has 7 heteroatoms. The number of nitrogens with zero attached hydrogens (tertiary/aromatic N) is 3. The molecule has 0 aliphatic heterocycles. The molecule has 317 valence electrons. The predicted molar refractivity (Wildman–Crippen MR) is 256 cm³/mol. The van der Waals surface area contributed by atoms with Crippen molar-refractivity contribution < 1.29 is 28.9 Å². The predicted octanol–water partition coefficient (Wildman–Crippen LogP) is 14.7. The number of furan rings is 2. The van der Waals surface area contributed by atoms with Gasteiger partial charge in [-0.05, 0) is 70.0 Å². The van der Waals surface area contributed by atoms with Crippen LogP contribution in [0.25, 0.3) is 72.6 Å². The van der Waals surface area contributed by atoms with Crippen molar-refractivity contribution in [2.75, 3.05) is 0 Å². The molecule has 0 bridgehead atoms. The van der Waals surface area contributed by atoms with E-state index in [1.54, 1.807) is 16.9 Å². The van der Waals surface area contributed by atoms with Crippen molar-refractivity contribution in [3.8, 4) is 50.6 Å². The van der Waals surface area contributed by atoms with Crippen LogP contribution in [0.2, 0.25) is 17.3 Å². The number of rotatable bonds is 10. The molecule has 0 amide bonds. The van der Waals surface area contributed by atoms with Crippen LogP contribution < -0.4 is 4.40 Å². The molecule has 0 saturated carbocycles. The van der Waals surface area contributed by atoms with Crippen LogP contribution >= 0.6 is 0 Å². The average Bonchev–Trinajstić information content (AvgIpc) is 4.03. The van der Waals surface area contributed by atoms with Crippen molar-refractivity contribution in [3.63, 3.8) is 0 Å². The van der Waals surface area contributed by atoms with E-state index in [2.05, 4.69) is 161 Å². The maximum absolute atomic E-state index is 5.99. The first kappa shape index (κ1) is 44.8. The molecule has 0 N–H and O–H groups in total. The van der Waals surface area contributed by atoms with Gasteiger partial charge in [0.25, 0.3) is 0 Å². The van der Waals surface area contributed by atoms with Crippen LogP contribution in [0.1, 0.15) is 70.1 Å². The maximum atomic E-state index is 5.99. The van der Waals surface area contributed by atoms with Crippen LogP contribution in [0.5, 0.6) is 0 Å². The Morgan fingerprint density at radius 2 is 1.42 bits per heavy atom. The van der Waals surface area contributed by atoms with Gasteiger partial charge in [-0.25, -0.2) is 0 Å². The zero-order chi connectivity index (χ0) is 42.8. The summed E-state index contributed by atoms with van der Waals surface area (Å²) in [6.45, 7) is 13.7. The van der Waals surface area contributed by atoms with E-state index in [0.29, 0.717) is 5.92 Å².